The first-order valence-corrected chi connectivity index (χ1v) is 11.5. The third kappa shape index (κ3) is 9.91. The molecule has 1 aromatic heterocycles. The molecule has 5 N–H and O–H groups in total. The molecule has 1 heterocycles. The second-order valence-electron chi connectivity index (χ2n) is 7.06. The van der Waals surface area contributed by atoms with Crippen molar-refractivity contribution in [1.82, 2.24) is 5.32 Å². The van der Waals surface area contributed by atoms with Crippen molar-refractivity contribution >= 4 is 22.9 Å². The van der Waals surface area contributed by atoms with Gasteiger partial charge in [-0.1, -0.05) is 0 Å². The first kappa shape index (κ1) is 29.9. The number of nitrogens with one attached hydrogen (secondary N) is 1. The van der Waals surface area contributed by atoms with E-state index in [2.05, 4.69) is 29.1 Å². The molecule has 0 saturated carbocycles. The number of aliphatic hydroxyl groups excluding tert-OH is 1. The van der Waals surface area contributed by atoms with Crippen molar-refractivity contribution in [3.05, 3.63) is 58.4 Å². The fourth-order valence-electron chi connectivity index (χ4n) is 3.03. The molecule has 0 atom stereocenters. The molecule has 0 aliphatic carbocycles. The Labute approximate surface area is 212 Å². The van der Waals surface area contributed by atoms with Crippen molar-refractivity contribution < 1.29 is 45.9 Å². The monoisotopic (exact) mass is 524 g/mol. The third-order valence-electron chi connectivity index (χ3n) is 4.80. The Morgan fingerprint density at radius 1 is 0.971 bits per heavy atom. The van der Waals surface area contributed by atoms with E-state index in [1.807, 2.05) is 12.1 Å². The van der Waals surface area contributed by atoms with Crippen molar-refractivity contribution in [2.24, 2.45) is 4.99 Å². The Morgan fingerprint density at radius 2 is 1.66 bits per heavy atom. The number of fused-ring (bicyclic) bond motifs is 1. The van der Waals surface area contributed by atoms with Crippen LogP contribution in [0.15, 0.2) is 56.7 Å². The molecule has 0 spiro atoms. The summed E-state index contributed by atoms with van der Waals surface area (Å²) in [6.07, 6.45) is 1.68. The SMILES string of the molecule is CCN(CC)c1ccc(C=NCCNCCO)c(O)c1.O=c1ccc2cc(O)c(O)cc2o1.[O]=[V]. The van der Waals surface area contributed by atoms with E-state index in [0.29, 0.717) is 18.5 Å². The maximum absolute atomic E-state index is 10.8. The van der Waals surface area contributed by atoms with Crippen LogP contribution in [0, 0.1) is 0 Å². The fraction of sp³-hybridized carbons (Fsp3) is 0.333. The molecule has 0 fully saturated rings. The number of hydrogen-bond acceptors (Lipinski definition) is 10. The van der Waals surface area contributed by atoms with Gasteiger partial charge in [-0.05, 0) is 38.1 Å². The molecule has 189 valence electrons. The zero-order valence-electron chi connectivity index (χ0n) is 19.7. The van der Waals surface area contributed by atoms with Crippen LogP contribution in [-0.4, -0.2) is 66.0 Å². The predicted molar refractivity (Wildman–Crippen MR) is 131 cm³/mol. The Hall–Kier alpha value is -3.18. The summed E-state index contributed by atoms with van der Waals surface area (Å²) >= 11 is 1.06. The van der Waals surface area contributed by atoms with Crippen LogP contribution in [0.3, 0.4) is 0 Å². The molecule has 0 saturated heterocycles. The standard InChI is InChI=1S/C15H25N3O2.C9H6O4.O.V/c1-3-18(4-2)14-6-5-13(15(20)11-14)12-17-8-7-16-9-10-19;10-6-3-5-1-2-9(12)13-8(5)4-7(6)11;;/h5-6,11-12,16,19-20H,3-4,7-10H2,1-2H3;1-4,10-11H;;. The quantitative estimate of drug-likeness (QED) is 0.123. The van der Waals surface area contributed by atoms with Crippen LogP contribution in [-0.2, 0) is 21.0 Å². The summed E-state index contributed by atoms with van der Waals surface area (Å²) in [6.45, 7) is 8.08. The predicted octanol–water partition coefficient (Wildman–Crippen LogP) is 2.32. The van der Waals surface area contributed by atoms with Gasteiger partial charge in [-0.3, -0.25) is 4.99 Å². The van der Waals surface area contributed by atoms with Crippen LogP contribution in [0.5, 0.6) is 17.2 Å². The van der Waals surface area contributed by atoms with E-state index < -0.39 is 5.63 Å². The summed E-state index contributed by atoms with van der Waals surface area (Å²) in [5, 5.41) is 40.4. The second kappa shape index (κ2) is 16.5. The molecule has 0 unspecified atom stereocenters. The summed E-state index contributed by atoms with van der Waals surface area (Å²) in [5.41, 5.74) is 1.51. The van der Waals surface area contributed by atoms with E-state index in [1.54, 1.807) is 12.3 Å². The second-order valence-corrected chi connectivity index (χ2v) is 7.06. The number of hydrogen-bond donors (Lipinski definition) is 5. The number of phenols is 3. The Balaban J connectivity index is 0.000000350. The van der Waals surface area contributed by atoms with Crippen LogP contribution < -0.4 is 15.8 Å². The molecule has 3 rings (SSSR count). The van der Waals surface area contributed by atoms with E-state index >= 15 is 0 Å². The Kier molecular flexibility index (Phi) is 14.0. The summed E-state index contributed by atoms with van der Waals surface area (Å²) in [4.78, 5) is 17.2. The van der Waals surface area contributed by atoms with E-state index in [1.165, 1.54) is 24.3 Å². The molecular formula is C24H31N3O7V. The summed E-state index contributed by atoms with van der Waals surface area (Å²) in [6, 6.07) is 10.9. The fourth-order valence-corrected chi connectivity index (χ4v) is 3.03. The van der Waals surface area contributed by atoms with Crippen LogP contribution >= 0.6 is 0 Å². The molecular weight excluding hydrogens is 493 g/mol. The zero-order valence-corrected chi connectivity index (χ0v) is 21.1. The molecule has 35 heavy (non-hydrogen) atoms. The van der Waals surface area contributed by atoms with Gasteiger partial charge in [0.2, 0.25) is 0 Å². The van der Waals surface area contributed by atoms with Gasteiger partial charge in [-0.25, -0.2) is 4.79 Å². The van der Waals surface area contributed by atoms with Gasteiger partial charge in [0.05, 0.1) is 13.2 Å². The molecule has 0 radical (unpaired) electrons. The number of aliphatic hydroxyl groups is 1. The van der Waals surface area contributed by atoms with E-state index in [0.717, 1.165) is 48.3 Å². The zero-order chi connectivity index (χ0) is 26.2. The first-order chi connectivity index (χ1) is 16.9. The number of rotatable bonds is 9. The average Bonchev–Trinajstić information content (AvgIpc) is 2.86. The van der Waals surface area contributed by atoms with E-state index in [9.17, 15) is 9.90 Å². The number of anilines is 1. The van der Waals surface area contributed by atoms with Crippen molar-refractivity contribution in [2.75, 3.05) is 44.2 Å². The van der Waals surface area contributed by atoms with Crippen molar-refractivity contribution in [1.29, 1.82) is 0 Å². The maximum atomic E-state index is 10.8. The van der Waals surface area contributed by atoms with Gasteiger partial charge in [-0.2, -0.15) is 0 Å². The van der Waals surface area contributed by atoms with Gasteiger partial charge in [-0.15, -0.1) is 0 Å². The van der Waals surface area contributed by atoms with E-state index in [4.69, 9.17) is 23.4 Å². The number of phenolic OH excluding ortho intramolecular Hbond substituents is 3. The molecule has 10 nitrogen and oxygen atoms in total. The topological polar surface area (TPSA) is 156 Å². The molecule has 0 aliphatic rings. The average molecular weight is 524 g/mol. The minimum atomic E-state index is -0.488. The van der Waals surface area contributed by atoms with Crippen LogP contribution in [0.4, 0.5) is 5.69 Å². The van der Waals surface area contributed by atoms with Crippen molar-refractivity contribution in [3.63, 3.8) is 0 Å². The minimum absolute atomic E-state index is 0.136. The van der Waals surface area contributed by atoms with Gasteiger partial charge in [0.15, 0.2) is 11.5 Å². The molecule has 11 heteroatoms. The number of nitrogens with zero attached hydrogens (tertiary/aromatic N) is 2. The summed E-state index contributed by atoms with van der Waals surface area (Å²) in [7, 11) is 0. The Morgan fingerprint density at radius 3 is 2.29 bits per heavy atom. The normalized spacial score (nSPS) is 10.3. The van der Waals surface area contributed by atoms with Gasteiger partial charge in [0.1, 0.15) is 11.3 Å². The number of benzene rings is 2. The van der Waals surface area contributed by atoms with Gasteiger partial charge in [0.25, 0.3) is 0 Å². The Bertz CT molecular complexity index is 1130. The van der Waals surface area contributed by atoms with Crippen LogP contribution in [0.25, 0.3) is 11.0 Å². The van der Waals surface area contributed by atoms with Crippen molar-refractivity contribution in [2.45, 2.75) is 13.8 Å². The van der Waals surface area contributed by atoms with E-state index in [-0.39, 0.29) is 29.4 Å². The molecule has 0 bridgehead atoms. The number of aromatic hydroxyl groups is 3. The number of aliphatic imine (C=N–C) groups is 1. The molecule has 2 aromatic carbocycles. The molecule has 3 aromatic rings. The summed E-state index contributed by atoms with van der Waals surface area (Å²) in [5.74, 6) is -0.287. The molecule has 0 amide bonds. The molecule has 0 aliphatic heterocycles. The van der Waals surface area contributed by atoms with Crippen molar-refractivity contribution in [3.8, 4) is 17.2 Å². The third-order valence-corrected chi connectivity index (χ3v) is 4.80. The van der Waals surface area contributed by atoms with Gasteiger partial charge >= 0.3 is 26.7 Å². The first-order valence-electron chi connectivity index (χ1n) is 10.9. The summed E-state index contributed by atoms with van der Waals surface area (Å²) < 4.78 is 13.0. The van der Waals surface area contributed by atoms with Gasteiger partial charge in [0, 0.05) is 67.2 Å². The van der Waals surface area contributed by atoms with Gasteiger partial charge < -0.3 is 35.1 Å². The van der Waals surface area contributed by atoms with Crippen LogP contribution in [0.1, 0.15) is 19.4 Å². The van der Waals surface area contributed by atoms with Crippen LogP contribution in [0.2, 0.25) is 0 Å².